The fourth-order valence-corrected chi connectivity index (χ4v) is 3.76. The normalized spacial score (nSPS) is 16.6. The van der Waals surface area contributed by atoms with Crippen LogP contribution in [0.15, 0.2) is 42.5 Å². The number of hydrogen-bond acceptors (Lipinski definition) is 3. The van der Waals surface area contributed by atoms with Crippen LogP contribution in [-0.4, -0.2) is 31.6 Å². The molecule has 0 saturated heterocycles. The Labute approximate surface area is 162 Å². The molecule has 4 heteroatoms. The number of nitrogens with zero attached hydrogens (tertiary/aromatic N) is 1. The third kappa shape index (κ3) is 4.10. The highest BCUT2D eigenvalue weighted by Gasteiger charge is 2.34. The van der Waals surface area contributed by atoms with Crippen LogP contribution in [0.1, 0.15) is 49.9 Å². The lowest BCUT2D eigenvalue weighted by molar-refractivity contribution is -0.135. The molecule has 27 heavy (non-hydrogen) atoms. The molecule has 1 amide bonds. The molecule has 0 aromatic heterocycles. The second-order valence-electron chi connectivity index (χ2n) is 8.29. The monoisotopic (exact) mass is 367 g/mol. The summed E-state index contributed by atoms with van der Waals surface area (Å²) in [7, 11) is 3.30. The summed E-state index contributed by atoms with van der Waals surface area (Å²) in [6, 6.07) is 14.2. The van der Waals surface area contributed by atoms with Crippen molar-refractivity contribution in [3.63, 3.8) is 0 Å². The van der Waals surface area contributed by atoms with Gasteiger partial charge in [-0.05, 0) is 40.7 Å². The van der Waals surface area contributed by atoms with Crippen molar-refractivity contribution in [3.8, 4) is 11.5 Å². The highest BCUT2D eigenvalue weighted by atomic mass is 16.5. The van der Waals surface area contributed by atoms with Gasteiger partial charge < -0.3 is 14.4 Å². The average Bonchev–Trinajstić information content (AvgIpc) is 2.65. The molecule has 1 aliphatic heterocycles. The fourth-order valence-electron chi connectivity index (χ4n) is 3.76. The minimum atomic E-state index is -0.107. The average molecular weight is 367 g/mol. The number of benzene rings is 2. The van der Waals surface area contributed by atoms with Crippen LogP contribution in [0.5, 0.6) is 11.5 Å². The SMILES string of the molecule is COc1cc2c(cc1OC)[C@@H](c1ccccc1)N(C(=O)CC(C)(C)C)CC2. The molecule has 2 aromatic carbocycles. The van der Waals surface area contributed by atoms with E-state index < -0.39 is 0 Å². The zero-order valence-electron chi connectivity index (χ0n) is 16.9. The number of amides is 1. The zero-order valence-corrected chi connectivity index (χ0v) is 16.9. The predicted octanol–water partition coefficient (Wildman–Crippen LogP) is 4.61. The number of fused-ring (bicyclic) bond motifs is 1. The lowest BCUT2D eigenvalue weighted by atomic mass is 9.85. The van der Waals surface area contributed by atoms with E-state index in [4.69, 9.17) is 9.47 Å². The molecule has 3 rings (SSSR count). The molecule has 1 heterocycles. The van der Waals surface area contributed by atoms with E-state index in [1.54, 1.807) is 14.2 Å². The first-order valence-electron chi connectivity index (χ1n) is 9.43. The summed E-state index contributed by atoms with van der Waals surface area (Å²) in [6.45, 7) is 7.02. The highest BCUT2D eigenvalue weighted by molar-refractivity contribution is 5.78. The molecule has 1 aliphatic rings. The molecule has 0 saturated carbocycles. The first kappa shape index (κ1) is 19.3. The summed E-state index contributed by atoms with van der Waals surface area (Å²) in [5, 5.41) is 0. The standard InChI is InChI=1S/C23H29NO3/c1-23(2,3)15-21(25)24-12-11-17-13-19(26-4)20(27-5)14-18(17)22(24)16-9-7-6-8-10-16/h6-10,13-14,22H,11-12,15H2,1-5H3/t22-/m1/s1. The molecule has 0 aliphatic carbocycles. The number of methoxy groups -OCH3 is 2. The number of rotatable bonds is 4. The van der Waals surface area contributed by atoms with Crippen molar-refractivity contribution < 1.29 is 14.3 Å². The van der Waals surface area contributed by atoms with Crippen LogP contribution in [0.2, 0.25) is 0 Å². The van der Waals surface area contributed by atoms with E-state index in [0.29, 0.717) is 18.7 Å². The van der Waals surface area contributed by atoms with Crippen molar-refractivity contribution in [2.45, 2.75) is 39.7 Å². The molecular formula is C23H29NO3. The maximum Gasteiger partial charge on any atom is 0.223 e. The lowest BCUT2D eigenvalue weighted by Gasteiger charge is -2.39. The third-order valence-corrected chi connectivity index (χ3v) is 4.99. The molecule has 0 unspecified atom stereocenters. The van der Waals surface area contributed by atoms with E-state index in [2.05, 4.69) is 39.0 Å². The Morgan fingerprint density at radius 3 is 2.30 bits per heavy atom. The van der Waals surface area contributed by atoms with Crippen LogP contribution >= 0.6 is 0 Å². The molecule has 0 spiro atoms. The van der Waals surface area contributed by atoms with Gasteiger partial charge in [-0.2, -0.15) is 0 Å². The van der Waals surface area contributed by atoms with E-state index in [-0.39, 0.29) is 17.4 Å². The predicted molar refractivity (Wildman–Crippen MR) is 107 cm³/mol. The minimum Gasteiger partial charge on any atom is -0.493 e. The molecular weight excluding hydrogens is 338 g/mol. The van der Waals surface area contributed by atoms with E-state index in [1.165, 1.54) is 5.56 Å². The van der Waals surface area contributed by atoms with Gasteiger partial charge >= 0.3 is 0 Å². The van der Waals surface area contributed by atoms with Gasteiger partial charge in [-0.3, -0.25) is 4.79 Å². The van der Waals surface area contributed by atoms with Gasteiger partial charge in [0, 0.05) is 13.0 Å². The molecule has 144 valence electrons. The van der Waals surface area contributed by atoms with Crippen molar-refractivity contribution in [3.05, 3.63) is 59.2 Å². The largest absolute Gasteiger partial charge is 0.493 e. The number of carbonyl (C=O) groups excluding carboxylic acids is 1. The maximum atomic E-state index is 13.2. The summed E-state index contributed by atoms with van der Waals surface area (Å²) >= 11 is 0. The van der Waals surface area contributed by atoms with E-state index in [0.717, 1.165) is 23.3 Å². The van der Waals surface area contributed by atoms with Crippen molar-refractivity contribution in [2.75, 3.05) is 20.8 Å². The Morgan fingerprint density at radius 2 is 1.70 bits per heavy atom. The minimum absolute atomic E-state index is 0.0454. The van der Waals surface area contributed by atoms with Crippen molar-refractivity contribution in [1.82, 2.24) is 4.90 Å². The molecule has 4 nitrogen and oxygen atoms in total. The van der Waals surface area contributed by atoms with Crippen LogP contribution in [0, 0.1) is 5.41 Å². The lowest BCUT2D eigenvalue weighted by Crippen LogP contribution is -2.41. The Balaban J connectivity index is 2.10. The summed E-state index contributed by atoms with van der Waals surface area (Å²) < 4.78 is 11.0. The van der Waals surface area contributed by atoms with Gasteiger partial charge in [0.25, 0.3) is 0 Å². The van der Waals surface area contributed by atoms with Gasteiger partial charge in [0.2, 0.25) is 5.91 Å². The Morgan fingerprint density at radius 1 is 1.07 bits per heavy atom. The first-order chi connectivity index (χ1) is 12.8. The second kappa shape index (κ2) is 7.63. The molecule has 0 N–H and O–H groups in total. The van der Waals surface area contributed by atoms with Gasteiger partial charge in [-0.25, -0.2) is 0 Å². The summed E-state index contributed by atoms with van der Waals surface area (Å²) in [4.78, 5) is 15.2. The zero-order chi connectivity index (χ0) is 19.6. The van der Waals surface area contributed by atoms with E-state index in [1.807, 2.05) is 29.2 Å². The quantitative estimate of drug-likeness (QED) is 0.792. The Kier molecular flexibility index (Phi) is 5.45. The Hall–Kier alpha value is -2.49. The summed E-state index contributed by atoms with van der Waals surface area (Å²) in [5.74, 6) is 1.62. The molecule has 1 atom stereocenters. The first-order valence-corrected chi connectivity index (χ1v) is 9.43. The van der Waals surface area contributed by atoms with Crippen LogP contribution in [0.4, 0.5) is 0 Å². The Bertz CT molecular complexity index is 808. The van der Waals surface area contributed by atoms with Crippen LogP contribution in [0.25, 0.3) is 0 Å². The van der Waals surface area contributed by atoms with Crippen LogP contribution in [0.3, 0.4) is 0 Å². The number of carbonyl (C=O) groups is 1. The molecule has 0 bridgehead atoms. The summed E-state index contributed by atoms with van der Waals surface area (Å²) in [5.41, 5.74) is 3.40. The summed E-state index contributed by atoms with van der Waals surface area (Å²) in [6.07, 6.45) is 1.34. The third-order valence-electron chi connectivity index (χ3n) is 4.99. The maximum absolute atomic E-state index is 13.2. The van der Waals surface area contributed by atoms with Gasteiger partial charge in [0.1, 0.15) is 0 Å². The molecule has 2 aromatic rings. The molecule has 0 radical (unpaired) electrons. The van der Waals surface area contributed by atoms with Crippen LogP contribution < -0.4 is 9.47 Å². The second-order valence-corrected chi connectivity index (χ2v) is 8.29. The van der Waals surface area contributed by atoms with Gasteiger partial charge in [-0.1, -0.05) is 51.1 Å². The highest BCUT2D eigenvalue weighted by Crippen LogP contribution is 2.41. The van der Waals surface area contributed by atoms with E-state index in [9.17, 15) is 4.79 Å². The number of ether oxygens (including phenoxy) is 2. The van der Waals surface area contributed by atoms with Crippen LogP contribution in [-0.2, 0) is 11.2 Å². The van der Waals surface area contributed by atoms with Crippen molar-refractivity contribution in [2.24, 2.45) is 5.41 Å². The van der Waals surface area contributed by atoms with Gasteiger partial charge in [-0.15, -0.1) is 0 Å². The smallest absolute Gasteiger partial charge is 0.223 e. The fraction of sp³-hybridized carbons (Fsp3) is 0.435. The number of hydrogen-bond donors (Lipinski definition) is 0. The topological polar surface area (TPSA) is 38.8 Å². The van der Waals surface area contributed by atoms with Gasteiger partial charge in [0.05, 0.1) is 20.3 Å². The van der Waals surface area contributed by atoms with Gasteiger partial charge in [0.15, 0.2) is 11.5 Å². The van der Waals surface area contributed by atoms with Crippen molar-refractivity contribution in [1.29, 1.82) is 0 Å². The van der Waals surface area contributed by atoms with Crippen molar-refractivity contribution >= 4 is 5.91 Å². The van der Waals surface area contributed by atoms with E-state index >= 15 is 0 Å². The molecule has 0 fully saturated rings.